The van der Waals surface area contributed by atoms with Gasteiger partial charge in [-0.2, -0.15) is 0 Å². The standard InChI is InChI=1S/C16H27NO/c1-6-13-8-7-9-14(12-13)16(5,18)10-11-17-15(2,3)4/h7-9,12,17-18H,6,10-11H2,1-5H3. The van der Waals surface area contributed by atoms with Gasteiger partial charge in [0.25, 0.3) is 0 Å². The number of hydrogen-bond acceptors (Lipinski definition) is 2. The van der Waals surface area contributed by atoms with Gasteiger partial charge >= 0.3 is 0 Å². The minimum atomic E-state index is -0.760. The van der Waals surface area contributed by atoms with Crippen molar-refractivity contribution in [3.63, 3.8) is 0 Å². The lowest BCUT2D eigenvalue weighted by molar-refractivity contribution is 0.0463. The van der Waals surface area contributed by atoms with Crippen molar-refractivity contribution in [1.82, 2.24) is 5.32 Å². The highest BCUT2D eigenvalue weighted by Gasteiger charge is 2.23. The minimum Gasteiger partial charge on any atom is -0.385 e. The molecule has 18 heavy (non-hydrogen) atoms. The van der Waals surface area contributed by atoms with Crippen LogP contribution in [-0.4, -0.2) is 17.2 Å². The molecule has 0 spiro atoms. The highest BCUT2D eigenvalue weighted by Crippen LogP contribution is 2.25. The Balaban J connectivity index is 2.67. The summed E-state index contributed by atoms with van der Waals surface area (Å²) >= 11 is 0. The second kappa shape index (κ2) is 5.85. The number of hydrogen-bond donors (Lipinski definition) is 2. The van der Waals surface area contributed by atoms with Gasteiger partial charge in [0, 0.05) is 5.54 Å². The van der Waals surface area contributed by atoms with E-state index in [0.717, 1.165) is 24.9 Å². The van der Waals surface area contributed by atoms with Gasteiger partial charge in [0.2, 0.25) is 0 Å². The SMILES string of the molecule is CCc1cccc(C(C)(O)CCNC(C)(C)C)c1. The van der Waals surface area contributed by atoms with E-state index >= 15 is 0 Å². The zero-order chi connectivity index (χ0) is 13.8. The molecular weight excluding hydrogens is 222 g/mol. The highest BCUT2D eigenvalue weighted by molar-refractivity contribution is 5.27. The Morgan fingerprint density at radius 3 is 2.39 bits per heavy atom. The van der Waals surface area contributed by atoms with Crippen LogP contribution < -0.4 is 5.32 Å². The first kappa shape index (κ1) is 15.2. The van der Waals surface area contributed by atoms with Gasteiger partial charge in [-0.25, -0.2) is 0 Å². The zero-order valence-corrected chi connectivity index (χ0v) is 12.4. The van der Waals surface area contributed by atoms with Gasteiger partial charge in [-0.1, -0.05) is 31.2 Å². The predicted molar refractivity (Wildman–Crippen MR) is 77.8 cm³/mol. The van der Waals surface area contributed by atoms with Crippen molar-refractivity contribution < 1.29 is 5.11 Å². The molecule has 0 bridgehead atoms. The van der Waals surface area contributed by atoms with Crippen molar-refractivity contribution in [3.8, 4) is 0 Å². The van der Waals surface area contributed by atoms with Crippen LogP contribution in [0.2, 0.25) is 0 Å². The van der Waals surface area contributed by atoms with Crippen molar-refractivity contribution in [2.75, 3.05) is 6.54 Å². The minimum absolute atomic E-state index is 0.0986. The van der Waals surface area contributed by atoms with Crippen molar-refractivity contribution in [2.24, 2.45) is 0 Å². The fourth-order valence-electron chi connectivity index (χ4n) is 1.95. The molecule has 0 saturated heterocycles. The second-order valence-electron chi connectivity index (χ2n) is 6.25. The molecule has 1 rings (SSSR count). The van der Waals surface area contributed by atoms with Crippen LogP contribution in [0, 0.1) is 0 Å². The molecule has 1 aromatic rings. The third-order valence-corrected chi connectivity index (χ3v) is 3.22. The molecular formula is C16H27NO. The Labute approximate surface area is 111 Å². The summed E-state index contributed by atoms with van der Waals surface area (Å²) in [4.78, 5) is 0. The lowest BCUT2D eigenvalue weighted by Crippen LogP contribution is -2.39. The molecule has 2 nitrogen and oxygen atoms in total. The van der Waals surface area contributed by atoms with Crippen molar-refractivity contribution >= 4 is 0 Å². The maximum absolute atomic E-state index is 10.6. The van der Waals surface area contributed by atoms with Gasteiger partial charge in [0.05, 0.1) is 5.60 Å². The quantitative estimate of drug-likeness (QED) is 0.839. The van der Waals surface area contributed by atoms with Crippen LogP contribution in [0.3, 0.4) is 0 Å². The average Bonchev–Trinajstić information content (AvgIpc) is 2.27. The maximum Gasteiger partial charge on any atom is 0.0880 e. The molecule has 0 radical (unpaired) electrons. The predicted octanol–water partition coefficient (Wildman–Crippen LogP) is 3.23. The van der Waals surface area contributed by atoms with Crippen LogP contribution >= 0.6 is 0 Å². The fraction of sp³-hybridized carbons (Fsp3) is 0.625. The molecule has 0 amide bonds. The van der Waals surface area contributed by atoms with Crippen molar-refractivity contribution in [3.05, 3.63) is 35.4 Å². The summed E-state index contributed by atoms with van der Waals surface area (Å²) in [5.41, 5.74) is 1.62. The Morgan fingerprint density at radius 1 is 1.17 bits per heavy atom. The van der Waals surface area contributed by atoms with Gasteiger partial charge in [0.15, 0.2) is 0 Å². The topological polar surface area (TPSA) is 32.3 Å². The molecule has 0 saturated carbocycles. The van der Waals surface area contributed by atoms with Gasteiger partial charge in [0.1, 0.15) is 0 Å². The van der Waals surface area contributed by atoms with E-state index < -0.39 is 5.60 Å². The summed E-state index contributed by atoms with van der Waals surface area (Å²) in [6.07, 6.45) is 1.72. The van der Waals surface area contributed by atoms with Gasteiger partial charge in [-0.15, -0.1) is 0 Å². The van der Waals surface area contributed by atoms with E-state index in [4.69, 9.17) is 0 Å². The lowest BCUT2D eigenvalue weighted by atomic mass is 9.90. The molecule has 2 heteroatoms. The van der Waals surface area contributed by atoms with Crippen LogP contribution in [-0.2, 0) is 12.0 Å². The van der Waals surface area contributed by atoms with Crippen LogP contribution in [0.15, 0.2) is 24.3 Å². The molecule has 0 aromatic heterocycles. The summed E-state index contributed by atoms with van der Waals surface area (Å²) in [5.74, 6) is 0. The first-order valence-electron chi connectivity index (χ1n) is 6.81. The Kier molecular flexibility index (Phi) is 4.94. The summed E-state index contributed by atoms with van der Waals surface area (Å²) in [6.45, 7) is 11.3. The molecule has 1 atom stereocenters. The smallest absolute Gasteiger partial charge is 0.0880 e. The molecule has 102 valence electrons. The molecule has 0 aliphatic rings. The number of benzene rings is 1. The van der Waals surface area contributed by atoms with Crippen LogP contribution in [0.1, 0.15) is 52.2 Å². The molecule has 0 heterocycles. The Hall–Kier alpha value is -0.860. The van der Waals surface area contributed by atoms with E-state index in [9.17, 15) is 5.11 Å². The van der Waals surface area contributed by atoms with Gasteiger partial charge in [-0.3, -0.25) is 0 Å². The third kappa shape index (κ3) is 4.79. The monoisotopic (exact) mass is 249 g/mol. The molecule has 1 unspecified atom stereocenters. The van der Waals surface area contributed by atoms with E-state index in [0.29, 0.717) is 0 Å². The summed E-state index contributed by atoms with van der Waals surface area (Å²) in [6, 6.07) is 8.25. The molecule has 0 aliphatic heterocycles. The second-order valence-corrected chi connectivity index (χ2v) is 6.25. The van der Waals surface area contributed by atoms with Crippen LogP contribution in [0.5, 0.6) is 0 Å². The van der Waals surface area contributed by atoms with Crippen molar-refractivity contribution in [1.29, 1.82) is 0 Å². The lowest BCUT2D eigenvalue weighted by Gasteiger charge is -2.27. The highest BCUT2D eigenvalue weighted by atomic mass is 16.3. The number of aliphatic hydroxyl groups is 1. The Morgan fingerprint density at radius 2 is 1.83 bits per heavy atom. The molecule has 0 aliphatic carbocycles. The zero-order valence-electron chi connectivity index (χ0n) is 12.4. The Bertz CT molecular complexity index is 377. The van der Waals surface area contributed by atoms with E-state index in [-0.39, 0.29) is 5.54 Å². The summed E-state index contributed by atoms with van der Waals surface area (Å²) in [5, 5.41) is 14.0. The fourth-order valence-corrected chi connectivity index (χ4v) is 1.95. The number of aryl methyl sites for hydroxylation is 1. The average molecular weight is 249 g/mol. The first-order chi connectivity index (χ1) is 8.24. The van der Waals surface area contributed by atoms with E-state index in [1.165, 1.54) is 5.56 Å². The van der Waals surface area contributed by atoms with Crippen LogP contribution in [0.4, 0.5) is 0 Å². The largest absolute Gasteiger partial charge is 0.385 e. The van der Waals surface area contributed by atoms with E-state index in [1.54, 1.807) is 0 Å². The normalized spacial score (nSPS) is 15.4. The van der Waals surface area contributed by atoms with Crippen molar-refractivity contribution in [2.45, 2.75) is 58.6 Å². The first-order valence-corrected chi connectivity index (χ1v) is 6.81. The van der Waals surface area contributed by atoms with E-state index in [1.807, 2.05) is 19.1 Å². The number of rotatable bonds is 5. The molecule has 1 aromatic carbocycles. The van der Waals surface area contributed by atoms with Gasteiger partial charge < -0.3 is 10.4 Å². The molecule has 2 N–H and O–H groups in total. The van der Waals surface area contributed by atoms with Gasteiger partial charge in [-0.05, 0) is 58.2 Å². The maximum atomic E-state index is 10.6. The van der Waals surface area contributed by atoms with Crippen LogP contribution in [0.25, 0.3) is 0 Å². The summed E-state index contributed by atoms with van der Waals surface area (Å²) < 4.78 is 0. The van der Waals surface area contributed by atoms with E-state index in [2.05, 4.69) is 45.1 Å². The molecule has 0 fully saturated rings. The summed E-state index contributed by atoms with van der Waals surface area (Å²) in [7, 11) is 0. The number of nitrogens with one attached hydrogen (secondary N) is 1. The third-order valence-electron chi connectivity index (χ3n) is 3.22.